The highest BCUT2D eigenvalue weighted by Crippen LogP contribution is 2.42. The summed E-state index contributed by atoms with van der Waals surface area (Å²) in [5.74, 6) is -0.649. The first-order chi connectivity index (χ1) is 9.64. The molecule has 2 unspecified atom stereocenters. The zero-order valence-corrected chi connectivity index (χ0v) is 14.3. The number of halogens is 4. The first-order valence-corrected chi connectivity index (χ1v) is 7.83. The van der Waals surface area contributed by atoms with Gasteiger partial charge in [-0.3, -0.25) is 9.59 Å². The largest absolute Gasteiger partial charge is 0.291 e. The number of allylic oxidation sites excluding steroid dienone is 8. The lowest BCUT2D eigenvalue weighted by molar-refractivity contribution is -0.114. The average Bonchev–Trinajstić information content (AvgIpc) is 2.40. The Hall–Kier alpha value is -0.540. The van der Waals surface area contributed by atoms with Gasteiger partial charge in [0.2, 0.25) is 0 Å². The van der Waals surface area contributed by atoms with Gasteiger partial charge in [0.05, 0.1) is 10.1 Å². The van der Waals surface area contributed by atoms with Crippen molar-refractivity contribution < 1.29 is 9.59 Å². The standard InChI is InChI=1S/C15H12Cl4O2/c1-15(2,7-3-9(16)13(20)10(17)4-7)8-5-11(18)14(21)12(19)6-8/h3-6,9,11H,1-2H3. The predicted molar refractivity (Wildman–Crippen MR) is 87.1 cm³/mol. The zero-order valence-electron chi connectivity index (χ0n) is 11.3. The summed E-state index contributed by atoms with van der Waals surface area (Å²) >= 11 is 23.8. The van der Waals surface area contributed by atoms with Crippen LogP contribution in [-0.2, 0) is 9.59 Å². The maximum atomic E-state index is 11.6. The third-order valence-electron chi connectivity index (χ3n) is 3.63. The Balaban J connectivity index is 2.44. The highest BCUT2D eigenvalue weighted by Gasteiger charge is 2.34. The van der Waals surface area contributed by atoms with E-state index in [0.717, 1.165) is 11.1 Å². The first-order valence-electron chi connectivity index (χ1n) is 6.20. The van der Waals surface area contributed by atoms with Gasteiger partial charge in [0.1, 0.15) is 10.8 Å². The fourth-order valence-corrected chi connectivity index (χ4v) is 3.27. The van der Waals surface area contributed by atoms with Crippen LogP contribution >= 0.6 is 46.4 Å². The Morgan fingerprint density at radius 1 is 0.857 bits per heavy atom. The fourth-order valence-electron chi connectivity index (χ4n) is 2.19. The average molecular weight is 366 g/mol. The summed E-state index contributed by atoms with van der Waals surface area (Å²) in [6.07, 6.45) is 6.48. The van der Waals surface area contributed by atoms with Gasteiger partial charge in [-0.05, 0) is 23.3 Å². The van der Waals surface area contributed by atoms with Crippen LogP contribution in [0.3, 0.4) is 0 Å². The summed E-state index contributed by atoms with van der Waals surface area (Å²) in [7, 11) is 0. The summed E-state index contributed by atoms with van der Waals surface area (Å²) in [5, 5.41) is -1.42. The molecule has 0 aliphatic heterocycles. The summed E-state index contributed by atoms with van der Waals surface area (Å²) in [5.41, 5.74) is 1.01. The van der Waals surface area contributed by atoms with Gasteiger partial charge in [0.25, 0.3) is 0 Å². The molecule has 0 saturated carbocycles. The Morgan fingerprint density at radius 3 is 1.48 bits per heavy atom. The van der Waals surface area contributed by atoms with Crippen molar-refractivity contribution >= 4 is 58.0 Å². The Morgan fingerprint density at radius 2 is 1.19 bits per heavy atom. The molecule has 0 aromatic heterocycles. The molecule has 0 aromatic carbocycles. The van der Waals surface area contributed by atoms with Crippen molar-refractivity contribution in [1.82, 2.24) is 0 Å². The van der Waals surface area contributed by atoms with Crippen LogP contribution < -0.4 is 0 Å². The number of ketones is 2. The van der Waals surface area contributed by atoms with Gasteiger partial charge in [-0.25, -0.2) is 0 Å². The van der Waals surface area contributed by atoms with Crippen molar-refractivity contribution in [2.45, 2.75) is 24.6 Å². The van der Waals surface area contributed by atoms with Crippen LogP contribution in [0.4, 0.5) is 0 Å². The zero-order chi connectivity index (χ0) is 15.9. The molecule has 2 atom stereocenters. The van der Waals surface area contributed by atoms with E-state index in [2.05, 4.69) is 0 Å². The second kappa shape index (κ2) is 5.92. The number of Topliss-reactive ketones (excluding diaryl/α,β-unsaturated/α-hetero) is 2. The third-order valence-corrected chi connectivity index (χ3v) is 4.87. The lowest BCUT2D eigenvalue weighted by Crippen LogP contribution is -2.27. The topological polar surface area (TPSA) is 34.1 Å². The molecule has 0 heterocycles. The summed E-state index contributed by atoms with van der Waals surface area (Å²) in [6.45, 7) is 3.84. The second-order valence-electron chi connectivity index (χ2n) is 5.39. The molecule has 2 aliphatic carbocycles. The van der Waals surface area contributed by atoms with Gasteiger partial charge in [-0.15, -0.1) is 23.2 Å². The highest BCUT2D eigenvalue weighted by molar-refractivity contribution is 6.50. The minimum atomic E-state index is -0.797. The van der Waals surface area contributed by atoms with Crippen LogP contribution in [0.2, 0.25) is 0 Å². The third kappa shape index (κ3) is 3.14. The van der Waals surface area contributed by atoms with Crippen LogP contribution in [0.1, 0.15) is 13.8 Å². The van der Waals surface area contributed by atoms with E-state index in [1.165, 1.54) is 0 Å². The second-order valence-corrected chi connectivity index (χ2v) is 7.14. The van der Waals surface area contributed by atoms with Crippen LogP contribution in [0.25, 0.3) is 0 Å². The SMILES string of the molecule is CC(C)(C1=CC(Cl)C(=O)C(Cl)=C1)C1=CC(Cl)C(=O)C(Cl)=C1. The van der Waals surface area contributed by atoms with Gasteiger partial charge in [0, 0.05) is 5.41 Å². The summed E-state index contributed by atoms with van der Waals surface area (Å²) < 4.78 is 0. The lowest BCUT2D eigenvalue weighted by Gasteiger charge is -2.32. The minimum absolute atomic E-state index is 0.0885. The molecule has 112 valence electrons. The van der Waals surface area contributed by atoms with Crippen molar-refractivity contribution in [1.29, 1.82) is 0 Å². The number of rotatable bonds is 2. The van der Waals surface area contributed by atoms with Crippen LogP contribution in [0, 0.1) is 5.41 Å². The smallest absolute Gasteiger partial charge is 0.195 e. The molecule has 0 bridgehead atoms. The number of alkyl halides is 2. The number of carbonyl (C=O) groups excluding carboxylic acids is 2. The molecule has 2 rings (SSSR count). The van der Waals surface area contributed by atoms with E-state index >= 15 is 0 Å². The highest BCUT2D eigenvalue weighted by atomic mass is 35.5. The van der Waals surface area contributed by atoms with E-state index in [1.807, 2.05) is 13.8 Å². The molecule has 6 heteroatoms. The van der Waals surface area contributed by atoms with E-state index < -0.39 is 16.2 Å². The molecular formula is C15H12Cl4O2. The molecule has 21 heavy (non-hydrogen) atoms. The van der Waals surface area contributed by atoms with Gasteiger partial charge < -0.3 is 0 Å². The van der Waals surface area contributed by atoms with Crippen molar-refractivity contribution in [3.05, 3.63) is 45.5 Å². The van der Waals surface area contributed by atoms with E-state index in [0.29, 0.717) is 0 Å². The first kappa shape index (κ1) is 16.8. The fraction of sp³-hybridized carbons (Fsp3) is 0.333. The minimum Gasteiger partial charge on any atom is -0.291 e. The van der Waals surface area contributed by atoms with E-state index in [1.54, 1.807) is 24.3 Å². The predicted octanol–water partition coefficient (Wildman–Crippen LogP) is 4.49. The molecule has 2 aliphatic rings. The lowest BCUT2D eigenvalue weighted by atomic mass is 9.73. The Kier molecular flexibility index (Phi) is 4.75. The summed E-state index contributed by atoms with van der Waals surface area (Å²) in [4.78, 5) is 23.3. The van der Waals surface area contributed by atoms with Crippen molar-refractivity contribution in [2.75, 3.05) is 0 Å². The molecule has 0 aromatic rings. The molecule has 0 spiro atoms. The van der Waals surface area contributed by atoms with Gasteiger partial charge >= 0.3 is 0 Å². The van der Waals surface area contributed by atoms with Crippen LogP contribution in [0.5, 0.6) is 0 Å². The van der Waals surface area contributed by atoms with Crippen molar-refractivity contribution in [3.63, 3.8) is 0 Å². The Labute approximate surface area is 143 Å². The number of hydrogen-bond donors (Lipinski definition) is 0. The van der Waals surface area contributed by atoms with E-state index in [4.69, 9.17) is 46.4 Å². The van der Waals surface area contributed by atoms with Gasteiger partial charge in [-0.1, -0.05) is 49.2 Å². The number of carbonyl (C=O) groups is 2. The maximum absolute atomic E-state index is 11.6. The Bertz CT molecular complexity index is 584. The van der Waals surface area contributed by atoms with Crippen molar-refractivity contribution in [3.8, 4) is 0 Å². The van der Waals surface area contributed by atoms with Gasteiger partial charge in [-0.2, -0.15) is 0 Å². The maximum Gasteiger partial charge on any atom is 0.195 e. The molecule has 0 N–H and O–H groups in total. The van der Waals surface area contributed by atoms with Crippen LogP contribution in [0.15, 0.2) is 45.5 Å². The molecule has 0 amide bonds. The normalized spacial score (nSPS) is 27.0. The van der Waals surface area contributed by atoms with E-state index in [9.17, 15) is 9.59 Å². The molecule has 0 radical (unpaired) electrons. The van der Waals surface area contributed by atoms with E-state index in [-0.39, 0.29) is 21.6 Å². The molecule has 2 nitrogen and oxygen atoms in total. The number of hydrogen-bond acceptors (Lipinski definition) is 2. The van der Waals surface area contributed by atoms with Gasteiger partial charge in [0.15, 0.2) is 11.6 Å². The van der Waals surface area contributed by atoms with Crippen molar-refractivity contribution in [2.24, 2.45) is 5.41 Å². The van der Waals surface area contributed by atoms with Crippen LogP contribution in [-0.4, -0.2) is 22.3 Å². The molecule has 0 saturated heterocycles. The summed E-state index contributed by atoms with van der Waals surface area (Å²) in [6, 6.07) is 0. The monoisotopic (exact) mass is 364 g/mol. The quantitative estimate of drug-likeness (QED) is 0.675. The molecular weight excluding hydrogens is 354 g/mol. The molecule has 0 fully saturated rings.